The molecule has 0 aromatic carbocycles. The summed E-state index contributed by atoms with van der Waals surface area (Å²) < 4.78 is 1.72. The monoisotopic (exact) mass is 280 g/mol. The van der Waals surface area contributed by atoms with Gasteiger partial charge in [0.15, 0.2) is 0 Å². The highest BCUT2D eigenvalue weighted by Crippen LogP contribution is 2.37. The normalized spacial score (nSPS) is 16.8. The molecule has 1 heterocycles. The number of carbonyl (C=O) groups is 2. The van der Waals surface area contributed by atoms with Gasteiger partial charge in [-0.2, -0.15) is 5.10 Å². The Kier molecular flexibility index (Phi) is 4.60. The topological polar surface area (TPSA) is 96.3 Å². The van der Waals surface area contributed by atoms with E-state index in [2.05, 4.69) is 15.7 Å². The summed E-state index contributed by atoms with van der Waals surface area (Å²) in [4.78, 5) is 23.0. The van der Waals surface area contributed by atoms with Crippen molar-refractivity contribution in [3.05, 3.63) is 18.5 Å². The molecule has 0 unspecified atom stereocenters. The first-order valence-electron chi connectivity index (χ1n) is 6.85. The number of rotatable bonds is 6. The highest BCUT2D eigenvalue weighted by Gasteiger charge is 2.41. The van der Waals surface area contributed by atoms with Crippen LogP contribution in [0, 0.1) is 5.41 Å². The van der Waals surface area contributed by atoms with Gasteiger partial charge in [0.2, 0.25) is 0 Å². The number of hydrogen-bond donors (Lipinski definition) is 3. The molecule has 1 aromatic heterocycles. The molecular weight excluding hydrogens is 260 g/mol. The van der Waals surface area contributed by atoms with Crippen LogP contribution in [-0.4, -0.2) is 40.0 Å². The standard InChI is InChI=1S/C13H20N4O3/c18-11(19)13(4-1-2-5-13)10-15-12(20)14-7-9-17-8-3-6-16-17/h3,6,8H,1-2,4-5,7,9-10H2,(H,18,19)(H2,14,15,20). The second-order valence-corrected chi connectivity index (χ2v) is 5.17. The molecule has 1 aromatic rings. The Morgan fingerprint density at radius 2 is 2.05 bits per heavy atom. The maximum absolute atomic E-state index is 11.6. The Morgan fingerprint density at radius 3 is 2.65 bits per heavy atom. The third-order valence-corrected chi connectivity index (χ3v) is 3.79. The van der Waals surface area contributed by atoms with E-state index in [1.54, 1.807) is 10.9 Å². The summed E-state index contributed by atoms with van der Waals surface area (Å²) in [5.41, 5.74) is -0.778. The van der Waals surface area contributed by atoms with Gasteiger partial charge >= 0.3 is 12.0 Å². The number of carboxylic acid groups (broad SMARTS) is 1. The molecule has 0 spiro atoms. The zero-order valence-corrected chi connectivity index (χ0v) is 11.3. The van der Waals surface area contributed by atoms with Gasteiger partial charge in [0.05, 0.1) is 12.0 Å². The van der Waals surface area contributed by atoms with Crippen molar-refractivity contribution in [3.8, 4) is 0 Å². The highest BCUT2D eigenvalue weighted by molar-refractivity contribution is 5.78. The van der Waals surface area contributed by atoms with Crippen LogP contribution in [0.1, 0.15) is 25.7 Å². The summed E-state index contributed by atoms with van der Waals surface area (Å²) in [6, 6.07) is 1.49. The highest BCUT2D eigenvalue weighted by atomic mass is 16.4. The minimum atomic E-state index is -0.813. The molecule has 7 nitrogen and oxygen atoms in total. The zero-order valence-electron chi connectivity index (χ0n) is 11.3. The van der Waals surface area contributed by atoms with E-state index in [0.29, 0.717) is 25.9 Å². The lowest BCUT2D eigenvalue weighted by molar-refractivity contribution is -0.148. The maximum Gasteiger partial charge on any atom is 0.314 e. The molecule has 1 aliphatic rings. The maximum atomic E-state index is 11.6. The minimum Gasteiger partial charge on any atom is -0.481 e. The Morgan fingerprint density at radius 1 is 1.30 bits per heavy atom. The molecule has 0 saturated heterocycles. The molecule has 1 fully saturated rings. The van der Waals surface area contributed by atoms with Crippen molar-refractivity contribution >= 4 is 12.0 Å². The molecule has 3 N–H and O–H groups in total. The number of carbonyl (C=O) groups excluding carboxylic acids is 1. The van der Waals surface area contributed by atoms with Crippen LogP contribution in [0.4, 0.5) is 4.79 Å². The second-order valence-electron chi connectivity index (χ2n) is 5.17. The van der Waals surface area contributed by atoms with Gasteiger partial charge in [0.25, 0.3) is 0 Å². The van der Waals surface area contributed by atoms with Gasteiger partial charge in [-0.1, -0.05) is 12.8 Å². The molecule has 0 radical (unpaired) electrons. The van der Waals surface area contributed by atoms with E-state index in [4.69, 9.17) is 0 Å². The molecule has 1 aliphatic carbocycles. The summed E-state index contributed by atoms with van der Waals surface area (Å²) in [5.74, 6) is -0.813. The van der Waals surface area contributed by atoms with E-state index < -0.39 is 11.4 Å². The predicted octanol–water partition coefficient (Wildman–Crippen LogP) is 0.827. The van der Waals surface area contributed by atoms with Gasteiger partial charge < -0.3 is 15.7 Å². The Hall–Kier alpha value is -2.05. The number of carboxylic acids is 1. The van der Waals surface area contributed by atoms with Gasteiger partial charge in [-0.15, -0.1) is 0 Å². The van der Waals surface area contributed by atoms with E-state index in [1.807, 2.05) is 12.3 Å². The third kappa shape index (κ3) is 3.49. The Bertz CT molecular complexity index is 452. The molecule has 0 bridgehead atoms. The van der Waals surface area contributed by atoms with Gasteiger partial charge in [0.1, 0.15) is 0 Å². The molecule has 20 heavy (non-hydrogen) atoms. The summed E-state index contributed by atoms with van der Waals surface area (Å²) in [6.07, 6.45) is 6.59. The number of aromatic nitrogens is 2. The quantitative estimate of drug-likeness (QED) is 0.719. The molecule has 1 saturated carbocycles. The summed E-state index contributed by atoms with van der Waals surface area (Å²) in [7, 11) is 0. The fraction of sp³-hybridized carbons (Fsp3) is 0.615. The first-order chi connectivity index (χ1) is 9.62. The Labute approximate surface area is 117 Å². The number of nitrogens with one attached hydrogen (secondary N) is 2. The van der Waals surface area contributed by atoms with E-state index in [1.165, 1.54) is 0 Å². The van der Waals surface area contributed by atoms with Crippen LogP contribution in [-0.2, 0) is 11.3 Å². The molecule has 0 atom stereocenters. The van der Waals surface area contributed by atoms with Crippen LogP contribution in [0.15, 0.2) is 18.5 Å². The fourth-order valence-electron chi connectivity index (χ4n) is 2.55. The number of hydrogen-bond acceptors (Lipinski definition) is 3. The molecule has 110 valence electrons. The van der Waals surface area contributed by atoms with Crippen molar-refractivity contribution < 1.29 is 14.7 Å². The van der Waals surface area contributed by atoms with Crippen LogP contribution in [0.5, 0.6) is 0 Å². The number of aliphatic carboxylic acids is 1. The van der Waals surface area contributed by atoms with E-state index in [-0.39, 0.29) is 12.6 Å². The summed E-state index contributed by atoms with van der Waals surface area (Å²) >= 11 is 0. The number of nitrogens with zero attached hydrogens (tertiary/aromatic N) is 2. The lowest BCUT2D eigenvalue weighted by Gasteiger charge is -2.24. The minimum absolute atomic E-state index is 0.190. The zero-order chi connectivity index (χ0) is 14.4. The van der Waals surface area contributed by atoms with Crippen molar-refractivity contribution in [2.75, 3.05) is 13.1 Å². The van der Waals surface area contributed by atoms with Crippen LogP contribution in [0.3, 0.4) is 0 Å². The SMILES string of the molecule is O=C(NCCn1cccn1)NCC1(C(=O)O)CCCC1. The summed E-state index contributed by atoms with van der Waals surface area (Å²) in [5, 5.41) is 18.7. The largest absolute Gasteiger partial charge is 0.481 e. The van der Waals surface area contributed by atoms with Crippen molar-refractivity contribution in [1.29, 1.82) is 0 Å². The van der Waals surface area contributed by atoms with E-state index >= 15 is 0 Å². The van der Waals surface area contributed by atoms with Gasteiger partial charge in [-0.05, 0) is 18.9 Å². The van der Waals surface area contributed by atoms with Gasteiger partial charge in [-0.3, -0.25) is 9.48 Å². The third-order valence-electron chi connectivity index (χ3n) is 3.79. The molecule has 2 amide bonds. The second kappa shape index (κ2) is 6.40. The predicted molar refractivity (Wildman–Crippen MR) is 72.2 cm³/mol. The molecular formula is C13H20N4O3. The van der Waals surface area contributed by atoms with Gasteiger partial charge in [0, 0.05) is 25.5 Å². The van der Waals surface area contributed by atoms with Crippen LogP contribution in [0.2, 0.25) is 0 Å². The summed E-state index contributed by atoms with van der Waals surface area (Å²) in [6.45, 7) is 1.23. The van der Waals surface area contributed by atoms with Crippen LogP contribution in [0.25, 0.3) is 0 Å². The van der Waals surface area contributed by atoms with Crippen molar-refractivity contribution in [3.63, 3.8) is 0 Å². The van der Waals surface area contributed by atoms with Crippen molar-refractivity contribution in [2.24, 2.45) is 5.41 Å². The number of amides is 2. The smallest absolute Gasteiger partial charge is 0.314 e. The number of urea groups is 1. The van der Waals surface area contributed by atoms with Crippen molar-refractivity contribution in [2.45, 2.75) is 32.2 Å². The lowest BCUT2D eigenvalue weighted by Crippen LogP contribution is -2.45. The van der Waals surface area contributed by atoms with Crippen molar-refractivity contribution in [1.82, 2.24) is 20.4 Å². The first kappa shape index (κ1) is 14.4. The van der Waals surface area contributed by atoms with Gasteiger partial charge in [-0.25, -0.2) is 4.79 Å². The molecule has 2 rings (SSSR count). The lowest BCUT2D eigenvalue weighted by atomic mass is 9.86. The first-order valence-corrected chi connectivity index (χ1v) is 6.85. The molecule has 0 aliphatic heterocycles. The molecule has 7 heteroatoms. The average Bonchev–Trinajstić information content (AvgIpc) is 3.08. The fourth-order valence-corrected chi connectivity index (χ4v) is 2.55. The van der Waals surface area contributed by atoms with Crippen LogP contribution >= 0.6 is 0 Å². The van der Waals surface area contributed by atoms with E-state index in [0.717, 1.165) is 12.8 Å². The van der Waals surface area contributed by atoms with Crippen LogP contribution < -0.4 is 10.6 Å². The van der Waals surface area contributed by atoms with E-state index in [9.17, 15) is 14.7 Å². The average molecular weight is 280 g/mol. The Balaban J connectivity index is 1.70.